The largest absolute Gasteiger partial charge is 0.389 e. The zero-order chi connectivity index (χ0) is 11.5. The first kappa shape index (κ1) is 12.3. The lowest BCUT2D eigenvalue weighted by Gasteiger charge is -2.34. The number of β-amino-alcohol motifs (C(OH)–C–C–N with tert-alkyl or cyclic N) is 2. The smallest absolute Gasteiger partial charge is 0.0938 e. The second kappa shape index (κ2) is 5.42. The Balaban J connectivity index is 1.77. The third-order valence-electron chi connectivity index (χ3n) is 3.47. The number of likely N-dealkylation sites (tertiary alicyclic amines) is 1. The van der Waals surface area contributed by atoms with E-state index in [1.54, 1.807) is 0 Å². The van der Waals surface area contributed by atoms with Crippen LogP contribution in [0, 0.1) is 0 Å². The summed E-state index contributed by atoms with van der Waals surface area (Å²) in [4.78, 5) is 4.45. The van der Waals surface area contributed by atoms with Crippen molar-refractivity contribution in [3.63, 3.8) is 0 Å². The van der Waals surface area contributed by atoms with Crippen molar-refractivity contribution >= 4 is 0 Å². The molecule has 2 heterocycles. The molecule has 2 aliphatic heterocycles. The molecule has 2 rings (SSSR count). The minimum absolute atomic E-state index is 0.214. The van der Waals surface area contributed by atoms with E-state index in [4.69, 9.17) is 4.74 Å². The van der Waals surface area contributed by atoms with Gasteiger partial charge in [0.15, 0.2) is 0 Å². The molecule has 1 unspecified atom stereocenters. The SMILES string of the molecule is CCN1CCOC(CN2C[C@@H](O)[C@@H](O)C2)C1. The van der Waals surface area contributed by atoms with Crippen LogP contribution in [0.5, 0.6) is 0 Å². The average Bonchev–Trinajstić information content (AvgIpc) is 2.58. The third-order valence-corrected chi connectivity index (χ3v) is 3.47. The van der Waals surface area contributed by atoms with E-state index in [9.17, 15) is 10.2 Å². The van der Waals surface area contributed by atoms with Gasteiger partial charge < -0.3 is 14.9 Å². The highest BCUT2D eigenvalue weighted by atomic mass is 16.5. The number of ether oxygens (including phenoxy) is 1. The summed E-state index contributed by atoms with van der Waals surface area (Å²) in [6.45, 7) is 7.91. The van der Waals surface area contributed by atoms with E-state index in [0.29, 0.717) is 13.1 Å². The van der Waals surface area contributed by atoms with Crippen LogP contribution in [0.2, 0.25) is 0 Å². The van der Waals surface area contributed by atoms with Crippen LogP contribution in [0.25, 0.3) is 0 Å². The second-order valence-corrected chi connectivity index (χ2v) is 4.74. The fourth-order valence-electron chi connectivity index (χ4n) is 2.46. The van der Waals surface area contributed by atoms with Crippen molar-refractivity contribution in [3.8, 4) is 0 Å². The highest BCUT2D eigenvalue weighted by Crippen LogP contribution is 2.13. The van der Waals surface area contributed by atoms with Crippen molar-refractivity contribution in [3.05, 3.63) is 0 Å². The zero-order valence-electron chi connectivity index (χ0n) is 9.88. The molecule has 2 aliphatic rings. The predicted molar refractivity (Wildman–Crippen MR) is 60.3 cm³/mol. The predicted octanol–water partition coefficient (Wildman–Crippen LogP) is -1.26. The van der Waals surface area contributed by atoms with Gasteiger partial charge in [0, 0.05) is 32.7 Å². The molecule has 2 saturated heterocycles. The molecule has 0 bridgehead atoms. The topological polar surface area (TPSA) is 56.2 Å². The first-order valence-electron chi connectivity index (χ1n) is 6.11. The Morgan fingerprint density at radius 1 is 1.12 bits per heavy atom. The molecule has 2 fully saturated rings. The van der Waals surface area contributed by atoms with Crippen LogP contribution in [0.1, 0.15) is 6.92 Å². The summed E-state index contributed by atoms with van der Waals surface area (Å²) in [5.74, 6) is 0. The Morgan fingerprint density at radius 3 is 2.44 bits per heavy atom. The molecule has 5 nitrogen and oxygen atoms in total. The summed E-state index contributed by atoms with van der Waals surface area (Å²) in [6.07, 6.45) is -0.970. The number of hydrogen-bond donors (Lipinski definition) is 2. The van der Waals surface area contributed by atoms with Gasteiger partial charge in [0.2, 0.25) is 0 Å². The van der Waals surface area contributed by atoms with E-state index in [2.05, 4.69) is 16.7 Å². The van der Waals surface area contributed by atoms with E-state index in [-0.39, 0.29) is 6.10 Å². The minimum Gasteiger partial charge on any atom is -0.389 e. The third kappa shape index (κ3) is 2.93. The van der Waals surface area contributed by atoms with Gasteiger partial charge in [-0.15, -0.1) is 0 Å². The van der Waals surface area contributed by atoms with Gasteiger partial charge in [-0.25, -0.2) is 0 Å². The van der Waals surface area contributed by atoms with E-state index < -0.39 is 12.2 Å². The van der Waals surface area contributed by atoms with Gasteiger partial charge in [-0.3, -0.25) is 9.80 Å². The highest BCUT2D eigenvalue weighted by Gasteiger charge is 2.31. The van der Waals surface area contributed by atoms with Crippen molar-refractivity contribution in [2.75, 3.05) is 45.9 Å². The van der Waals surface area contributed by atoms with Crippen LogP contribution >= 0.6 is 0 Å². The van der Waals surface area contributed by atoms with Crippen LogP contribution in [0.4, 0.5) is 0 Å². The summed E-state index contributed by atoms with van der Waals surface area (Å²) in [5.41, 5.74) is 0. The quantitative estimate of drug-likeness (QED) is 0.634. The zero-order valence-corrected chi connectivity index (χ0v) is 9.88. The van der Waals surface area contributed by atoms with Gasteiger partial charge in [0.05, 0.1) is 24.9 Å². The fraction of sp³-hybridized carbons (Fsp3) is 1.00. The molecular formula is C11H22N2O3. The van der Waals surface area contributed by atoms with Crippen LogP contribution in [0.3, 0.4) is 0 Å². The maximum atomic E-state index is 9.45. The Bertz CT molecular complexity index is 217. The van der Waals surface area contributed by atoms with Crippen molar-refractivity contribution in [2.24, 2.45) is 0 Å². The number of aliphatic hydroxyl groups is 2. The minimum atomic E-state index is -0.592. The number of aliphatic hydroxyl groups excluding tert-OH is 2. The average molecular weight is 230 g/mol. The number of likely N-dealkylation sites (N-methyl/N-ethyl adjacent to an activating group) is 1. The summed E-state index contributed by atoms with van der Waals surface area (Å²) >= 11 is 0. The maximum Gasteiger partial charge on any atom is 0.0938 e. The van der Waals surface area contributed by atoms with Gasteiger partial charge in [0.25, 0.3) is 0 Å². The normalized spacial score (nSPS) is 38.1. The molecule has 2 N–H and O–H groups in total. The Labute approximate surface area is 96.6 Å². The summed E-state index contributed by atoms with van der Waals surface area (Å²) in [5, 5.41) is 18.9. The highest BCUT2D eigenvalue weighted by molar-refractivity contribution is 4.85. The molecule has 0 amide bonds. The first-order chi connectivity index (χ1) is 7.69. The van der Waals surface area contributed by atoms with E-state index in [1.165, 1.54) is 0 Å². The van der Waals surface area contributed by atoms with Crippen molar-refractivity contribution < 1.29 is 14.9 Å². The van der Waals surface area contributed by atoms with Gasteiger partial charge in [-0.05, 0) is 6.54 Å². The van der Waals surface area contributed by atoms with Gasteiger partial charge in [0.1, 0.15) is 0 Å². The van der Waals surface area contributed by atoms with Gasteiger partial charge in [-0.1, -0.05) is 6.92 Å². The standard InChI is InChI=1S/C11H22N2O3/c1-2-12-3-4-16-9(5-12)6-13-7-10(14)11(15)8-13/h9-11,14-15H,2-8H2,1H3/t9?,10-,11+. The molecule has 0 aromatic rings. The Kier molecular flexibility index (Phi) is 4.16. The number of hydrogen-bond acceptors (Lipinski definition) is 5. The summed E-state index contributed by atoms with van der Waals surface area (Å²) in [6, 6.07) is 0. The lowest BCUT2D eigenvalue weighted by atomic mass is 10.2. The van der Waals surface area contributed by atoms with Gasteiger partial charge >= 0.3 is 0 Å². The lowest BCUT2D eigenvalue weighted by Crippen LogP contribution is -2.47. The van der Waals surface area contributed by atoms with Crippen LogP contribution in [0.15, 0.2) is 0 Å². The van der Waals surface area contributed by atoms with E-state index >= 15 is 0 Å². The maximum absolute atomic E-state index is 9.45. The van der Waals surface area contributed by atoms with Gasteiger partial charge in [-0.2, -0.15) is 0 Å². The molecule has 0 radical (unpaired) electrons. The van der Waals surface area contributed by atoms with Crippen LogP contribution in [-0.2, 0) is 4.74 Å². The molecule has 0 spiro atoms. The first-order valence-corrected chi connectivity index (χ1v) is 6.11. The van der Waals surface area contributed by atoms with E-state index in [1.807, 2.05) is 0 Å². The number of nitrogens with zero attached hydrogens (tertiary/aromatic N) is 2. The summed E-state index contributed by atoms with van der Waals surface area (Å²) < 4.78 is 5.70. The molecule has 0 aromatic carbocycles. The van der Waals surface area contributed by atoms with Crippen molar-refractivity contribution in [1.29, 1.82) is 0 Å². The second-order valence-electron chi connectivity index (χ2n) is 4.74. The van der Waals surface area contributed by atoms with E-state index in [0.717, 1.165) is 32.8 Å². The molecule has 0 aromatic heterocycles. The molecule has 5 heteroatoms. The monoisotopic (exact) mass is 230 g/mol. The lowest BCUT2D eigenvalue weighted by molar-refractivity contribution is -0.0404. The Morgan fingerprint density at radius 2 is 1.81 bits per heavy atom. The Hall–Kier alpha value is -0.200. The number of morpholine rings is 1. The molecule has 16 heavy (non-hydrogen) atoms. The molecular weight excluding hydrogens is 208 g/mol. The molecule has 0 aliphatic carbocycles. The van der Waals surface area contributed by atoms with Crippen molar-refractivity contribution in [2.45, 2.75) is 25.2 Å². The fourth-order valence-corrected chi connectivity index (χ4v) is 2.46. The molecule has 0 saturated carbocycles. The van der Waals surface area contributed by atoms with Crippen LogP contribution < -0.4 is 0 Å². The van der Waals surface area contributed by atoms with Crippen LogP contribution in [-0.4, -0.2) is 84.2 Å². The van der Waals surface area contributed by atoms with Crippen molar-refractivity contribution in [1.82, 2.24) is 9.80 Å². The number of rotatable bonds is 3. The summed E-state index contributed by atoms with van der Waals surface area (Å²) in [7, 11) is 0. The molecule has 3 atom stereocenters. The molecule has 94 valence electrons.